The summed E-state index contributed by atoms with van der Waals surface area (Å²) in [6, 6.07) is 6.12. The molecule has 0 atom stereocenters. The van der Waals surface area contributed by atoms with Crippen molar-refractivity contribution < 1.29 is 9.47 Å². The van der Waals surface area contributed by atoms with E-state index in [2.05, 4.69) is 17.4 Å². The summed E-state index contributed by atoms with van der Waals surface area (Å²) in [7, 11) is 5.34. The molecular formula is C13H19NO2S. The number of ether oxygens (including phenoxy) is 2. The molecule has 0 saturated heterocycles. The Labute approximate surface area is 107 Å². The lowest BCUT2D eigenvalue weighted by atomic mass is 10.3. The first-order chi connectivity index (χ1) is 8.23. The minimum atomic E-state index is 0.397. The summed E-state index contributed by atoms with van der Waals surface area (Å²) in [4.78, 5) is 1.25. The smallest absolute Gasteiger partial charge is 0.161 e. The van der Waals surface area contributed by atoms with Crippen LogP contribution >= 0.6 is 11.8 Å². The topological polar surface area (TPSA) is 30.5 Å². The first-order valence-corrected chi connectivity index (χ1v) is 6.60. The standard InChI is InChI=1S/C13H19NO2S/c1-14-9-13(6-7-13)17-10-4-5-11(15-2)12(8-10)16-3/h4-5,8,14H,6-7,9H2,1-3H3. The van der Waals surface area contributed by atoms with Crippen LogP contribution in [0.1, 0.15) is 12.8 Å². The second kappa shape index (κ2) is 5.19. The monoisotopic (exact) mass is 253 g/mol. The summed E-state index contributed by atoms with van der Waals surface area (Å²) in [6.45, 7) is 1.06. The van der Waals surface area contributed by atoms with Crippen molar-refractivity contribution in [2.45, 2.75) is 22.5 Å². The lowest BCUT2D eigenvalue weighted by Gasteiger charge is -2.15. The van der Waals surface area contributed by atoms with E-state index in [1.54, 1.807) is 14.2 Å². The van der Waals surface area contributed by atoms with E-state index in [1.165, 1.54) is 17.7 Å². The van der Waals surface area contributed by atoms with Crippen molar-refractivity contribution in [2.75, 3.05) is 27.8 Å². The van der Waals surface area contributed by atoms with E-state index < -0.39 is 0 Å². The molecular weight excluding hydrogens is 234 g/mol. The first kappa shape index (κ1) is 12.6. The van der Waals surface area contributed by atoms with Crippen LogP contribution in [0.3, 0.4) is 0 Å². The van der Waals surface area contributed by atoms with Crippen molar-refractivity contribution in [1.29, 1.82) is 0 Å². The van der Waals surface area contributed by atoms with E-state index >= 15 is 0 Å². The third-order valence-corrected chi connectivity index (χ3v) is 4.47. The van der Waals surface area contributed by atoms with Gasteiger partial charge < -0.3 is 14.8 Å². The molecule has 0 unspecified atom stereocenters. The van der Waals surface area contributed by atoms with Crippen LogP contribution in [-0.4, -0.2) is 32.6 Å². The summed E-state index contributed by atoms with van der Waals surface area (Å²) >= 11 is 1.93. The van der Waals surface area contributed by atoms with Gasteiger partial charge in [0, 0.05) is 16.2 Å². The second-order valence-electron chi connectivity index (χ2n) is 4.33. The molecule has 2 rings (SSSR count). The van der Waals surface area contributed by atoms with Gasteiger partial charge in [-0.15, -0.1) is 11.8 Å². The van der Waals surface area contributed by atoms with Crippen LogP contribution in [0.5, 0.6) is 11.5 Å². The van der Waals surface area contributed by atoms with Crippen LogP contribution in [0.4, 0.5) is 0 Å². The van der Waals surface area contributed by atoms with Crippen molar-refractivity contribution in [3.8, 4) is 11.5 Å². The molecule has 0 bridgehead atoms. The molecule has 1 aromatic rings. The molecule has 1 fully saturated rings. The minimum absolute atomic E-state index is 0.397. The lowest BCUT2D eigenvalue weighted by molar-refractivity contribution is 0.354. The average Bonchev–Trinajstić information content (AvgIpc) is 3.09. The maximum absolute atomic E-state index is 5.32. The van der Waals surface area contributed by atoms with Crippen LogP contribution in [-0.2, 0) is 0 Å². The van der Waals surface area contributed by atoms with Gasteiger partial charge in [0.25, 0.3) is 0 Å². The van der Waals surface area contributed by atoms with Crippen molar-refractivity contribution in [2.24, 2.45) is 0 Å². The van der Waals surface area contributed by atoms with Crippen molar-refractivity contribution in [3.05, 3.63) is 18.2 Å². The van der Waals surface area contributed by atoms with E-state index in [1.807, 2.05) is 24.9 Å². The molecule has 0 aliphatic heterocycles. The quantitative estimate of drug-likeness (QED) is 0.844. The first-order valence-electron chi connectivity index (χ1n) is 5.79. The molecule has 17 heavy (non-hydrogen) atoms. The Bertz CT molecular complexity index is 391. The zero-order valence-corrected chi connectivity index (χ0v) is 11.4. The van der Waals surface area contributed by atoms with Gasteiger partial charge in [-0.3, -0.25) is 0 Å². The summed E-state index contributed by atoms with van der Waals surface area (Å²) in [5.74, 6) is 1.59. The largest absolute Gasteiger partial charge is 0.493 e. The lowest BCUT2D eigenvalue weighted by Crippen LogP contribution is -2.22. The zero-order chi connectivity index (χ0) is 12.3. The van der Waals surface area contributed by atoms with Crippen molar-refractivity contribution in [3.63, 3.8) is 0 Å². The SMILES string of the molecule is CNCC1(Sc2ccc(OC)c(OC)c2)CC1. The van der Waals surface area contributed by atoms with Gasteiger partial charge in [-0.05, 0) is 38.1 Å². The van der Waals surface area contributed by atoms with E-state index in [0.29, 0.717) is 4.75 Å². The molecule has 0 aromatic heterocycles. The van der Waals surface area contributed by atoms with Crippen LogP contribution in [0.25, 0.3) is 0 Å². The molecule has 1 aliphatic rings. The number of benzene rings is 1. The van der Waals surface area contributed by atoms with E-state index in [9.17, 15) is 0 Å². The number of nitrogens with one attached hydrogen (secondary N) is 1. The van der Waals surface area contributed by atoms with Gasteiger partial charge in [0.15, 0.2) is 11.5 Å². The molecule has 4 heteroatoms. The van der Waals surface area contributed by atoms with Gasteiger partial charge in [-0.25, -0.2) is 0 Å². The molecule has 1 N–H and O–H groups in total. The van der Waals surface area contributed by atoms with Crippen LogP contribution in [0.15, 0.2) is 23.1 Å². The number of rotatable bonds is 6. The zero-order valence-electron chi connectivity index (χ0n) is 10.6. The molecule has 1 aromatic carbocycles. The van der Waals surface area contributed by atoms with Gasteiger partial charge in [-0.2, -0.15) is 0 Å². The van der Waals surface area contributed by atoms with Crippen LogP contribution in [0, 0.1) is 0 Å². The van der Waals surface area contributed by atoms with E-state index in [0.717, 1.165) is 18.0 Å². The Morgan fingerprint density at radius 1 is 1.24 bits per heavy atom. The highest BCUT2D eigenvalue weighted by Gasteiger charge is 2.43. The van der Waals surface area contributed by atoms with Gasteiger partial charge in [0.05, 0.1) is 14.2 Å². The van der Waals surface area contributed by atoms with Crippen molar-refractivity contribution >= 4 is 11.8 Å². The Kier molecular flexibility index (Phi) is 3.84. The fourth-order valence-corrected chi connectivity index (χ4v) is 3.23. The summed E-state index contributed by atoms with van der Waals surface area (Å²) < 4.78 is 11.0. The van der Waals surface area contributed by atoms with Gasteiger partial charge in [0.2, 0.25) is 0 Å². The number of methoxy groups -OCH3 is 2. The fourth-order valence-electron chi connectivity index (χ4n) is 1.91. The molecule has 0 amide bonds. The highest BCUT2D eigenvalue weighted by Crippen LogP contribution is 2.52. The number of thioether (sulfide) groups is 1. The summed E-state index contributed by atoms with van der Waals surface area (Å²) in [5.41, 5.74) is 0. The molecule has 3 nitrogen and oxygen atoms in total. The maximum atomic E-state index is 5.32. The third-order valence-electron chi connectivity index (χ3n) is 3.00. The molecule has 94 valence electrons. The van der Waals surface area contributed by atoms with E-state index in [4.69, 9.17) is 9.47 Å². The maximum Gasteiger partial charge on any atom is 0.161 e. The number of hydrogen-bond donors (Lipinski definition) is 1. The Morgan fingerprint density at radius 3 is 2.47 bits per heavy atom. The average molecular weight is 253 g/mol. The second-order valence-corrected chi connectivity index (χ2v) is 5.87. The van der Waals surface area contributed by atoms with Crippen molar-refractivity contribution in [1.82, 2.24) is 5.32 Å². The molecule has 0 heterocycles. The number of hydrogen-bond acceptors (Lipinski definition) is 4. The van der Waals surface area contributed by atoms with E-state index in [-0.39, 0.29) is 0 Å². The summed E-state index contributed by atoms with van der Waals surface area (Å²) in [6.07, 6.45) is 2.57. The Balaban J connectivity index is 2.11. The fraction of sp³-hybridized carbons (Fsp3) is 0.538. The predicted molar refractivity (Wildman–Crippen MR) is 71.3 cm³/mol. The Morgan fingerprint density at radius 2 is 1.94 bits per heavy atom. The third kappa shape index (κ3) is 2.87. The Hall–Kier alpha value is -0.870. The summed E-state index contributed by atoms with van der Waals surface area (Å²) in [5, 5.41) is 3.27. The molecule has 0 spiro atoms. The normalized spacial score (nSPS) is 16.6. The molecule has 0 radical (unpaired) electrons. The van der Waals surface area contributed by atoms with Gasteiger partial charge >= 0.3 is 0 Å². The van der Waals surface area contributed by atoms with Gasteiger partial charge in [0.1, 0.15) is 0 Å². The molecule has 1 aliphatic carbocycles. The van der Waals surface area contributed by atoms with Crippen LogP contribution < -0.4 is 14.8 Å². The van der Waals surface area contributed by atoms with Gasteiger partial charge in [-0.1, -0.05) is 0 Å². The van der Waals surface area contributed by atoms with Crippen LogP contribution in [0.2, 0.25) is 0 Å². The predicted octanol–water partition coefficient (Wildman–Crippen LogP) is 2.55. The molecule has 1 saturated carbocycles. The highest BCUT2D eigenvalue weighted by molar-refractivity contribution is 8.01. The highest BCUT2D eigenvalue weighted by atomic mass is 32.2. The minimum Gasteiger partial charge on any atom is -0.493 e.